The summed E-state index contributed by atoms with van der Waals surface area (Å²) < 4.78 is 10.9. The molecular weight excluding hydrogens is 340 g/mol. The van der Waals surface area contributed by atoms with Crippen LogP contribution in [0.4, 0.5) is 0 Å². The molecular formula is C23H28O4. The number of hydrogen-bond donors (Lipinski definition) is 0. The minimum Gasteiger partial charge on any atom is -0.465 e. The van der Waals surface area contributed by atoms with Crippen LogP contribution in [0.15, 0.2) is 54.6 Å². The predicted molar refractivity (Wildman–Crippen MR) is 106 cm³/mol. The van der Waals surface area contributed by atoms with Gasteiger partial charge in [-0.05, 0) is 42.5 Å². The fourth-order valence-corrected chi connectivity index (χ4v) is 2.91. The van der Waals surface area contributed by atoms with E-state index in [-0.39, 0.29) is 0 Å². The number of rotatable bonds is 9. The second kappa shape index (κ2) is 9.91. The molecule has 0 saturated carbocycles. The van der Waals surface area contributed by atoms with E-state index in [2.05, 4.69) is 0 Å². The van der Waals surface area contributed by atoms with Crippen molar-refractivity contribution in [1.29, 1.82) is 0 Å². The third-order valence-corrected chi connectivity index (χ3v) is 4.89. The van der Waals surface area contributed by atoms with Crippen LogP contribution in [0.5, 0.6) is 5.75 Å². The molecule has 2 aromatic carbocycles. The molecule has 0 amide bonds. The van der Waals surface area contributed by atoms with Crippen LogP contribution in [0.3, 0.4) is 0 Å². The minimum atomic E-state index is -1.26. The Balaban J connectivity index is 2.11. The van der Waals surface area contributed by atoms with Crippen molar-refractivity contribution in [2.45, 2.75) is 46.5 Å². The maximum absolute atomic E-state index is 12.8. The van der Waals surface area contributed by atoms with E-state index in [0.29, 0.717) is 25.2 Å². The van der Waals surface area contributed by atoms with Crippen LogP contribution >= 0.6 is 0 Å². The number of hydrogen-bond acceptors (Lipinski definition) is 4. The number of carbonyl (C=O) groups is 2. The van der Waals surface area contributed by atoms with Crippen molar-refractivity contribution in [3.05, 3.63) is 54.6 Å². The van der Waals surface area contributed by atoms with Crippen LogP contribution in [0.1, 0.15) is 46.5 Å². The van der Waals surface area contributed by atoms with E-state index >= 15 is 0 Å². The fourth-order valence-electron chi connectivity index (χ4n) is 2.91. The lowest BCUT2D eigenvalue weighted by molar-refractivity contribution is -0.168. The molecule has 0 atom stereocenters. The third kappa shape index (κ3) is 4.97. The summed E-state index contributed by atoms with van der Waals surface area (Å²) in [4.78, 5) is 25.4. The molecule has 0 unspecified atom stereocenters. The summed E-state index contributed by atoms with van der Waals surface area (Å²) in [6.07, 6.45) is 2.40. The molecule has 4 heteroatoms. The molecule has 0 heterocycles. The average Bonchev–Trinajstić information content (AvgIpc) is 2.71. The molecule has 0 aliphatic carbocycles. The summed E-state index contributed by atoms with van der Waals surface area (Å²) >= 11 is 0. The predicted octanol–water partition coefficient (Wildman–Crippen LogP) is 5.41. The van der Waals surface area contributed by atoms with Gasteiger partial charge in [0.15, 0.2) is 5.41 Å². The van der Waals surface area contributed by atoms with Gasteiger partial charge < -0.3 is 9.47 Å². The molecule has 0 fully saturated rings. The Bertz CT molecular complexity index is 731. The van der Waals surface area contributed by atoms with Gasteiger partial charge >= 0.3 is 11.9 Å². The van der Waals surface area contributed by atoms with Crippen LogP contribution in [-0.2, 0) is 14.3 Å². The summed E-state index contributed by atoms with van der Waals surface area (Å²) in [5.74, 6) is -0.624. The summed E-state index contributed by atoms with van der Waals surface area (Å²) in [7, 11) is 0. The molecule has 0 aliphatic rings. The average molecular weight is 368 g/mol. The molecule has 0 aromatic heterocycles. The molecule has 0 aliphatic heterocycles. The van der Waals surface area contributed by atoms with Gasteiger partial charge in [0.1, 0.15) is 5.75 Å². The molecule has 0 radical (unpaired) electrons. The van der Waals surface area contributed by atoms with Crippen LogP contribution in [0, 0.1) is 5.41 Å². The lowest BCUT2D eigenvalue weighted by Crippen LogP contribution is -2.42. The minimum absolute atomic E-state index is 0.329. The van der Waals surface area contributed by atoms with Crippen LogP contribution < -0.4 is 4.74 Å². The van der Waals surface area contributed by atoms with Gasteiger partial charge in [0.25, 0.3) is 0 Å². The standard InChI is InChI=1S/C23H28O4/c1-4-7-17-26-21(24)23(5-2,6-3)22(25)27-20-15-13-19(14-16-20)18-11-9-8-10-12-18/h8-16H,4-7,17H2,1-3H3. The first-order valence-corrected chi connectivity index (χ1v) is 9.62. The summed E-state index contributed by atoms with van der Waals surface area (Å²) in [5.41, 5.74) is 0.865. The molecule has 0 spiro atoms. The lowest BCUT2D eigenvalue weighted by atomic mass is 9.82. The molecule has 144 valence electrons. The highest BCUT2D eigenvalue weighted by Crippen LogP contribution is 2.31. The van der Waals surface area contributed by atoms with Crippen molar-refractivity contribution in [2.24, 2.45) is 5.41 Å². The topological polar surface area (TPSA) is 52.6 Å². The maximum atomic E-state index is 12.8. The van der Waals surface area contributed by atoms with E-state index in [9.17, 15) is 9.59 Å². The first-order chi connectivity index (χ1) is 13.1. The Kier molecular flexibility index (Phi) is 7.59. The van der Waals surface area contributed by atoms with Gasteiger partial charge in [-0.15, -0.1) is 0 Å². The van der Waals surface area contributed by atoms with Gasteiger partial charge in [-0.1, -0.05) is 69.7 Å². The lowest BCUT2D eigenvalue weighted by Gasteiger charge is -2.26. The van der Waals surface area contributed by atoms with Crippen molar-refractivity contribution in [2.75, 3.05) is 6.61 Å². The van der Waals surface area contributed by atoms with E-state index in [1.165, 1.54) is 0 Å². The van der Waals surface area contributed by atoms with Crippen molar-refractivity contribution < 1.29 is 19.1 Å². The van der Waals surface area contributed by atoms with E-state index < -0.39 is 17.4 Å². The zero-order valence-corrected chi connectivity index (χ0v) is 16.4. The molecule has 0 bridgehead atoms. The SMILES string of the molecule is CCCCOC(=O)C(CC)(CC)C(=O)Oc1ccc(-c2ccccc2)cc1. The molecule has 4 nitrogen and oxygen atoms in total. The molecule has 2 aromatic rings. The molecule has 0 saturated heterocycles. The van der Waals surface area contributed by atoms with Gasteiger partial charge in [0.05, 0.1) is 6.61 Å². The van der Waals surface area contributed by atoms with Gasteiger partial charge in [-0.2, -0.15) is 0 Å². The zero-order chi connectivity index (χ0) is 19.7. The highest BCUT2D eigenvalue weighted by molar-refractivity contribution is 6.00. The van der Waals surface area contributed by atoms with Crippen molar-refractivity contribution >= 4 is 11.9 Å². The van der Waals surface area contributed by atoms with Gasteiger partial charge in [0.2, 0.25) is 0 Å². The number of carbonyl (C=O) groups excluding carboxylic acids is 2. The Morgan fingerprint density at radius 2 is 1.41 bits per heavy atom. The van der Waals surface area contributed by atoms with E-state index in [1.807, 2.05) is 63.2 Å². The Morgan fingerprint density at radius 1 is 0.815 bits per heavy atom. The smallest absolute Gasteiger partial charge is 0.328 e. The normalized spacial score (nSPS) is 11.1. The van der Waals surface area contributed by atoms with Crippen LogP contribution in [0.2, 0.25) is 0 Å². The van der Waals surface area contributed by atoms with E-state index in [4.69, 9.17) is 9.47 Å². The van der Waals surface area contributed by atoms with Crippen molar-refractivity contribution in [3.8, 4) is 16.9 Å². The van der Waals surface area contributed by atoms with Gasteiger partial charge in [-0.25, -0.2) is 0 Å². The number of esters is 2. The summed E-state index contributed by atoms with van der Waals surface area (Å²) in [6, 6.07) is 17.3. The van der Waals surface area contributed by atoms with Crippen molar-refractivity contribution in [1.82, 2.24) is 0 Å². The Hall–Kier alpha value is -2.62. The highest BCUT2D eigenvalue weighted by Gasteiger charge is 2.46. The number of unbranched alkanes of at least 4 members (excludes halogenated alkanes) is 1. The zero-order valence-electron chi connectivity index (χ0n) is 16.4. The maximum Gasteiger partial charge on any atom is 0.328 e. The Labute approximate surface area is 161 Å². The summed E-state index contributed by atoms with van der Waals surface area (Å²) in [5, 5.41) is 0. The highest BCUT2D eigenvalue weighted by atomic mass is 16.6. The number of benzene rings is 2. The van der Waals surface area contributed by atoms with E-state index in [0.717, 1.165) is 24.0 Å². The quantitative estimate of drug-likeness (QED) is 0.257. The largest absolute Gasteiger partial charge is 0.465 e. The summed E-state index contributed by atoms with van der Waals surface area (Å²) in [6.45, 7) is 5.97. The molecule has 2 rings (SSSR count). The van der Waals surface area contributed by atoms with Crippen LogP contribution in [0.25, 0.3) is 11.1 Å². The van der Waals surface area contributed by atoms with E-state index in [1.54, 1.807) is 12.1 Å². The first-order valence-electron chi connectivity index (χ1n) is 9.62. The van der Waals surface area contributed by atoms with Crippen molar-refractivity contribution in [3.63, 3.8) is 0 Å². The van der Waals surface area contributed by atoms with Crippen LogP contribution in [-0.4, -0.2) is 18.5 Å². The second-order valence-corrected chi connectivity index (χ2v) is 6.56. The van der Waals surface area contributed by atoms with Gasteiger partial charge in [-0.3, -0.25) is 9.59 Å². The van der Waals surface area contributed by atoms with Gasteiger partial charge in [0, 0.05) is 0 Å². The molecule has 27 heavy (non-hydrogen) atoms. The number of ether oxygens (including phenoxy) is 2. The third-order valence-electron chi connectivity index (χ3n) is 4.89. The fraction of sp³-hybridized carbons (Fsp3) is 0.391. The molecule has 0 N–H and O–H groups in total. The first kappa shape index (κ1) is 20.7. The monoisotopic (exact) mass is 368 g/mol. The second-order valence-electron chi connectivity index (χ2n) is 6.56. The Morgan fingerprint density at radius 3 is 1.96 bits per heavy atom.